The SMILES string of the molecule is c1ccc(C2C3CCN(CC3)C2Cc2cccnc2)cc1. The molecule has 3 aliphatic rings. The fourth-order valence-electron chi connectivity index (χ4n) is 4.34. The second-order valence-electron chi connectivity index (χ2n) is 6.44. The molecule has 0 saturated carbocycles. The number of benzene rings is 1. The van der Waals surface area contributed by atoms with Crippen LogP contribution in [0.25, 0.3) is 0 Å². The largest absolute Gasteiger partial charge is 0.299 e. The molecular weight excluding hydrogens is 256 g/mol. The van der Waals surface area contributed by atoms with Crippen molar-refractivity contribution in [1.82, 2.24) is 9.88 Å². The number of aromatic nitrogens is 1. The second-order valence-corrected chi connectivity index (χ2v) is 6.44. The highest BCUT2D eigenvalue weighted by Gasteiger charge is 2.42. The summed E-state index contributed by atoms with van der Waals surface area (Å²) in [5.41, 5.74) is 2.90. The quantitative estimate of drug-likeness (QED) is 0.854. The Balaban J connectivity index is 1.65. The standard InChI is InChI=1S/C19H22N2/c1-2-6-16(7-3-1)19-17-8-11-21(12-9-17)18(19)13-15-5-4-10-20-14-15/h1-7,10,14,17-19H,8-9,11-13H2. The lowest BCUT2D eigenvalue weighted by atomic mass is 9.69. The van der Waals surface area contributed by atoms with Gasteiger partial charge in [0.05, 0.1) is 0 Å². The smallest absolute Gasteiger partial charge is 0.0300 e. The molecule has 0 aliphatic carbocycles. The summed E-state index contributed by atoms with van der Waals surface area (Å²) in [5, 5.41) is 0. The number of rotatable bonds is 3. The van der Waals surface area contributed by atoms with Crippen molar-refractivity contribution in [3.63, 3.8) is 0 Å². The predicted molar refractivity (Wildman–Crippen MR) is 85.2 cm³/mol. The number of hydrogen-bond acceptors (Lipinski definition) is 2. The molecule has 3 fully saturated rings. The number of pyridine rings is 1. The van der Waals surface area contributed by atoms with Gasteiger partial charge < -0.3 is 0 Å². The van der Waals surface area contributed by atoms with Gasteiger partial charge in [0.15, 0.2) is 0 Å². The van der Waals surface area contributed by atoms with Gasteiger partial charge in [-0.05, 0) is 55.5 Å². The van der Waals surface area contributed by atoms with Crippen molar-refractivity contribution >= 4 is 0 Å². The van der Waals surface area contributed by atoms with E-state index in [4.69, 9.17) is 0 Å². The summed E-state index contributed by atoms with van der Waals surface area (Å²) in [6, 6.07) is 16.1. The van der Waals surface area contributed by atoms with Crippen molar-refractivity contribution < 1.29 is 0 Å². The molecule has 2 nitrogen and oxygen atoms in total. The maximum Gasteiger partial charge on any atom is 0.0300 e. The van der Waals surface area contributed by atoms with E-state index in [0.29, 0.717) is 12.0 Å². The topological polar surface area (TPSA) is 16.1 Å². The molecule has 0 radical (unpaired) electrons. The van der Waals surface area contributed by atoms with Crippen LogP contribution in [0.4, 0.5) is 0 Å². The van der Waals surface area contributed by atoms with E-state index >= 15 is 0 Å². The fraction of sp³-hybridized carbons (Fsp3) is 0.421. The van der Waals surface area contributed by atoms with E-state index in [2.05, 4.69) is 52.3 Å². The third-order valence-corrected chi connectivity index (χ3v) is 5.32. The van der Waals surface area contributed by atoms with Gasteiger partial charge in [0, 0.05) is 24.4 Å². The van der Waals surface area contributed by atoms with E-state index in [-0.39, 0.29) is 0 Å². The Hall–Kier alpha value is -1.67. The van der Waals surface area contributed by atoms with Gasteiger partial charge in [0.2, 0.25) is 0 Å². The van der Waals surface area contributed by atoms with Crippen molar-refractivity contribution in [3.8, 4) is 0 Å². The van der Waals surface area contributed by atoms with Gasteiger partial charge in [0.25, 0.3) is 0 Å². The molecule has 2 unspecified atom stereocenters. The lowest BCUT2D eigenvalue weighted by Gasteiger charge is -2.51. The van der Waals surface area contributed by atoms with Crippen molar-refractivity contribution in [2.75, 3.05) is 13.1 Å². The molecule has 0 amide bonds. The van der Waals surface area contributed by atoms with E-state index in [1.807, 2.05) is 12.4 Å². The zero-order valence-electron chi connectivity index (χ0n) is 12.4. The van der Waals surface area contributed by atoms with Crippen LogP contribution < -0.4 is 0 Å². The third-order valence-electron chi connectivity index (χ3n) is 5.32. The van der Waals surface area contributed by atoms with Crippen LogP contribution in [0.3, 0.4) is 0 Å². The van der Waals surface area contributed by atoms with Crippen LogP contribution in [0.1, 0.15) is 29.9 Å². The van der Waals surface area contributed by atoms with Crippen molar-refractivity contribution in [2.45, 2.75) is 31.2 Å². The maximum atomic E-state index is 4.29. The second kappa shape index (κ2) is 5.61. The van der Waals surface area contributed by atoms with Crippen LogP contribution in [0.15, 0.2) is 54.9 Å². The number of nitrogens with zero attached hydrogens (tertiary/aromatic N) is 2. The lowest BCUT2D eigenvalue weighted by molar-refractivity contribution is 0.0256. The highest BCUT2D eigenvalue weighted by atomic mass is 15.2. The highest BCUT2D eigenvalue weighted by molar-refractivity contribution is 5.26. The first-order valence-corrected chi connectivity index (χ1v) is 8.10. The average Bonchev–Trinajstić information content (AvgIpc) is 2.58. The first kappa shape index (κ1) is 13.0. The molecule has 1 aromatic carbocycles. The number of piperidine rings is 3. The van der Waals surface area contributed by atoms with Crippen molar-refractivity contribution in [1.29, 1.82) is 0 Å². The Morgan fingerprint density at radius 2 is 1.81 bits per heavy atom. The molecule has 5 rings (SSSR count). The Morgan fingerprint density at radius 1 is 1.00 bits per heavy atom. The van der Waals surface area contributed by atoms with Crippen LogP contribution in [-0.2, 0) is 6.42 Å². The van der Waals surface area contributed by atoms with Gasteiger partial charge in [-0.1, -0.05) is 36.4 Å². The number of fused-ring (bicyclic) bond motifs is 3. The van der Waals surface area contributed by atoms with Crippen LogP contribution >= 0.6 is 0 Å². The summed E-state index contributed by atoms with van der Waals surface area (Å²) in [6.45, 7) is 2.55. The zero-order valence-corrected chi connectivity index (χ0v) is 12.4. The normalized spacial score (nSPS) is 31.2. The molecule has 3 saturated heterocycles. The summed E-state index contributed by atoms with van der Waals surface area (Å²) in [7, 11) is 0. The first-order chi connectivity index (χ1) is 10.4. The molecule has 3 aliphatic heterocycles. The molecule has 1 aromatic heterocycles. The maximum absolute atomic E-state index is 4.29. The molecule has 2 aromatic rings. The van der Waals surface area contributed by atoms with Gasteiger partial charge in [-0.25, -0.2) is 0 Å². The van der Waals surface area contributed by atoms with Gasteiger partial charge in [-0.3, -0.25) is 9.88 Å². The van der Waals surface area contributed by atoms with E-state index < -0.39 is 0 Å². The monoisotopic (exact) mass is 278 g/mol. The van der Waals surface area contributed by atoms with Gasteiger partial charge in [0.1, 0.15) is 0 Å². The molecule has 2 bridgehead atoms. The van der Waals surface area contributed by atoms with Crippen LogP contribution in [-0.4, -0.2) is 29.0 Å². The molecule has 108 valence electrons. The minimum atomic E-state index is 0.643. The fourth-order valence-corrected chi connectivity index (χ4v) is 4.34. The molecule has 0 spiro atoms. The minimum absolute atomic E-state index is 0.643. The zero-order chi connectivity index (χ0) is 14.1. The van der Waals surface area contributed by atoms with Crippen molar-refractivity contribution in [2.24, 2.45) is 5.92 Å². The lowest BCUT2D eigenvalue weighted by Crippen LogP contribution is -2.54. The molecular formula is C19H22N2. The highest BCUT2D eigenvalue weighted by Crippen LogP contribution is 2.44. The van der Waals surface area contributed by atoms with Crippen LogP contribution in [0, 0.1) is 5.92 Å². The molecule has 2 atom stereocenters. The van der Waals surface area contributed by atoms with Gasteiger partial charge >= 0.3 is 0 Å². The summed E-state index contributed by atoms with van der Waals surface area (Å²) in [6.07, 6.45) is 7.76. The van der Waals surface area contributed by atoms with Gasteiger partial charge in [-0.15, -0.1) is 0 Å². The Labute approximate surface area is 126 Å². The van der Waals surface area contributed by atoms with E-state index in [0.717, 1.165) is 12.3 Å². The molecule has 2 heteroatoms. The van der Waals surface area contributed by atoms with Crippen LogP contribution in [0.5, 0.6) is 0 Å². The Kier molecular flexibility index (Phi) is 3.48. The molecule has 4 heterocycles. The average molecular weight is 278 g/mol. The summed E-state index contributed by atoms with van der Waals surface area (Å²) >= 11 is 0. The minimum Gasteiger partial charge on any atom is -0.299 e. The number of hydrogen-bond donors (Lipinski definition) is 0. The van der Waals surface area contributed by atoms with E-state index in [9.17, 15) is 0 Å². The predicted octanol–water partition coefficient (Wildman–Crippen LogP) is 3.50. The summed E-state index contributed by atoms with van der Waals surface area (Å²) < 4.78 is 0. The first-order valence-electron chi connectivity index (χ1n) is 8.10. The van der Waals surface area contributed by atoms with E-state index in [1.165, 1.54) is 37.1 Å². The summed E-state index contributed by atoms with van der Waals surface area (Å²) in [5.74, 6) is 1.55. The third kappa shape index (κ3) is 2.49. The van der Waals surface area contributed by atoms with Crippen LogP contribution in [0.2, 0.25) is 0 Å². The molecule has 21 heavy (non-hydrogen) atoms. The van der Waals surface area contributed by atoms with Crippen molar-refractivity contribution in [3.05, 3.63) is 66.0 Å². The van der Waals surface area contributed by atoms with Gasteiger partial charge in [-0.2, -0.15) is 0 Å². The molecule has 0 N–H and O–H groups in total. The van der Waals surface area contributed by atoms with E-state index in [1.54, 1.807) is 0 Å². The Bertz CT molecular complexity index is 573. The summed E-state index contributed by atoms with van der Waals surface area (Å²) in [4.78, 5) is 7.00. The Morgan fingerprint density at radius 3 is 2.52 bits per heavy atom.